The Bertz CT molecular complexity index is 550. The van der Waals surface area contributed by atoms with Gasteiger partial charge in [0.15, 0.2) is 5.58 Å². The largest absolute Gasteiger partial charge is 0.463 e. The summed E-state index contributed by atoms with van der Waals surface area (Å²) in [5.74, 6) is 0.808. The lowest BCUT2D eigenvalue weighted by atomic mass is 10.1. The Hall–Kier alpha value is -1.55. The summed E-state index contributed by atoms with van der Waals surface area (Å²) < 4.78 is 5.42. The van der Waals surface area contributed by atoms with Gasteiger partial charge in [0, 0.05) is 37.8 Å². The number of anilines is 1. The molecule has 2 atom stereocenters. The van der Waals surface area contributed by atoms with Gasteiger partial charge in [0.25, 0.3) is 0 Å². The van der Waals surface area contributed by atoms with Gasteiger partial charge in [0.1, 0.15) is 5.52 Å². The second kappa shape index (κ2) is 3.47. The van der Waals surface area contributed by atoms with E-state index in [1.807, 2.05) is 12.3 Å². The second-order valence-electron chi connectivity index (χ2n) is 4.97. The van der Waals surface area contributed by atoms with E-state index < -0.39 is 0 Å². The lowest BCUT2D eigenvalue weighted by molar-refractivity contribution is 0.578. The van der Waals surface area contributed by atoms with E-state index in [4.69, 9.17) is 4.42 Å². The molecule has 0 bridgehead atoms. The quantitative estimate of drug-likeness (QED) is 0.807. The maximum absolute atomic E-state index is 5.42. The van der Waals surface area contributed by atoms with Crippen LogP contribution in [0, 0.1) is 5.92 Å². The van der Waals surface area contributed by atoms with Gasteiger partial charge in [-0.25, -0.2) is 0 Å². The highest BCUT2D eigenvalue weighted by Crippen LogP contribution is 2.32. The van der Waals surface area contributed by atoms with Gasteiger partial charge in [-0.05, 0) is 12.3 Å². The zero-order chi connectivity index (χ0) is 11.2. The van der Waals surface area contributed by atoms with Crippen molar-refractivity contribution >= 4 is 16.8 Å². The third kappa shape index (κ3) is 1.37. The van der Waals surface area contributed by atoms with Crippen LogP contribution in [0.2, 0.25) is 0 Å². The summed E-state index contributed by atoms with van der Waals surface area (Å²) in [5, 5.41) is 3.47. The Morgan fingerprint density at radius 3 is 3.41 bits per heavy atom. The number of pyridine rings is 1. The summed E-state index contributed by atoms with van der Waals surface area (Å²) in [4.78, 5) is 6.92. The van der Waals surface area contributed by atoms with Crippen molar-refractivity contribution in [3.8, 4) is 0 Å². The molecule has 0 unspecified atom stereocenters. The number of hydrogen-bond donors (Lipinski definition) is 1. The van der Waals surface area contributed by atoms with E-state index >= 15 is 0 Å². The molecule has 2 aromatic heterocycles. The Balaban J connectivity index is 1.73. The number of fused-ring (bicyclic) bond motifs is 2. The van der Waals surface area contributed by atoms with Gasteiger partial charge in [-0.1, -0.05) is 0 Å². The molecular formula is C13H15N3O. The van der Waals surface area contributed by atoms with Crippen LogP contribution in [0.3, 0.4) is 0 Å². The minimum absolute atomic E-state index is 0.643. The lowest BCUT2D eigenvalue weighted by Crippen LogP contribution is -2.34. The van der Waals surface area contributed by atoms with Gasteiger partial charge in [0.2, 0.25) is 0 Å². The number of nitrogens with one attached hydrogen (secondary N) is 1. The SMILES string of the molecule is c1cc2ncc(N3CC[C@@H]4CNC[C@@H]43)cc2o1. The normalized spacial score (nSPS) is 27.9. The fraction of sp³-hybridized carbons (Fsp3) is 0.462. The first-order valence-electron chi connectivity index (χ1n) is 6.22. The molecular weight excluding hydrogens is 214 g/mol. The van der Waals surface area contributed by atoms with Crippen LogP contribution in [0.1, 0.15) is 6.42 Å². The Kier molecular flexibility index (Phi) is 1.93. The first kappa shape index (κ1) is 9.48. The van der Waals surface area contributed by atoms with Crippen LogP contribution in [0.25, 0.3) is 11.1 Å². The summed E-state index contributed by atoms with van der Waals surface area (Å²) in [6.45, 7) is 3.41. The van der Waals surface area contributed by atoms with E-state index in [1.54, 1.807) is 6.26 Å². The predicted molar refractivity (Wildman–Crippen MR) is 66.1 cm³/mol. The minimum atomic E-state index is 0.643. The van der Waals surface area contributed by atoms with Gasteiger partial charge in [-0.15, -0.1) is 0 Å². The maximum atomic E-state index is 5.42. The molecule has 2 aliphatic rings. The fourth-order valence-electron chi connectivity index (χ4n) is 3.16. The molecule has 4 rings (SSSR count). The molecule has 1 N–H and O–H groups in total. The average molecular weight is 229 g/mol. The fourth-order valence-corrected chi connectivity index (χ4v) is 3.16. The van der Waals surface area contributed by atoms with Crippen LogP contribution >= 0.6 is 0 Å². The first-order chi connectivity index (χ1) is 8.42. The van der Waals surface area contributed by atoms with E-state index in [1.165, 1.54) is 12.1 Å². The molecule has 0 saturated carbocycles. The third-order valence-electron chi connectivity index (χ3n) is 4.07. The molecule has 2 fully saturated rings. The molecule has 17 heavy (non-hydrogen) atoms. The second-order valence-corrected chi connectivity index (χ2v) is 4.97. The number of rotatable bonds is 1. The van der Waals surface area contributed by atoms with Crippen LogP contribution in [0.4, 0.5) is 5.69 Å². The topological polar surface area (TPSA) is 41.3 Å². The monoisotopic (exact) mass is 229 g/mol. The van der Waals surface area contributed by atoms with Crippen molar-refractivity contribution in [2.45, 2.75) is 12.5 Å². The molecule has 4 heteroatoms. The predicted octanol–water partition coefficient (Wildman–Crippen LogP) is 1.63. The smallest absolute Gasteiger partial charge is 0.154 e. The minimum Gasteiger partial charge on any atom is -0.463 e. The van der Waals surface area contributed by atoms with Crippen LogP contribution < -0.4 is 10.2 Å². The lowest BCUT2D eigenvalue weighted by Gasteiger charge is -2.25. The van der Waals surface area contributed by atoms with Gasteiger partial charge in [-0.3, -0.25) is 4.98 Å². The highest BCUT2D eigenvalue weighted by Gasteiger charge is 2.37. The van der Waals surface area contributed by atoms with E-state index in [2.05, 4.69) is 21.3 Å². The van der Waals surface area contributed by atoms with Gasteiger partial charge in [0.05, 0.1) is 18.1 Å². The van der Waals surface area contributed by atoms with E-state index in [-0.39, 0.29) is 0 Å². The van der Waals surface area contributed by atoms with Gasteiger partial charge in [-0.2, -0.15) is 0 Å². The van der Waals surface area contributed by atoms with Crippen LogP contribution in [0.15, 0.2) is 29.0 Å². The highest BCUT2D eigenvalue weighted by molar-refractivity contribution is 5.76. The summed E-state index contributed by atoms with van der Waals surface area (Å²) in [6.07, 6.45) is 4.96. The summed E-state index contributed by atoms with van der Waals surface area (Å²) >= 11 is 0. The first-order valence-corrected chi connectivity index (χ1v) is 6.22. The molecule has 4 nitrogen and oxygen atoms in total. The molecule has 0 amide bonds. The zero-order valence-corrected chi connectivity index (χ0v) is 9.60. The van der Waals surface area contributed by atoms with E-state index in [9.17, 15) is 0 Å². The highest BCUT2D eigenvalue weighted by atomic mass is 16.3. The molecule has 2 aromatic rings. The van der Waals surface area contributed by atoms with E-state index in [0.717, 1.165) is 36.7 Å². The van der Waals surface area contributed by atoms with Crippen molar-refractivity contribution in [3.05, 3.63) is 24.6 Å². The van der Waals surface area contributed by atoms with Crippen molar-refractivity contribution in [3.63, 3.8) is 0 Å². The molecule has 2 saturated heterocycles. The van der Waals surface area contributed by atoms with Crippen LogP contribution in [-0.4, -0.2) is 30.7 Å². The zero-order valence-electron chi connectivity index (χ0n) is 9.60. The Morgan fingerprint density at radius 1 is 1.41 bits per heavy atom. The summed E-state index contributed by atoms with van der Waals surface area (Å²) in [7, 11) is 0. The van der Waals surface area contributed by atoms with Crippen molar-refractivity contribution in [2.75, 3.05) is 24.5 Å². The van der Waals surface area contributed by atoms with Crippen LogP contribution in [-0.2, 0) is 0 Å². The molecule has 0 aromatic carbocycles. The Labute approximate surface area is 99.6 Å². The maximum Gasteiger partial charge on any atom is 0.154 e. The molecule has 2 aliphatic heterocycles. The molecule has 0 spiro atoms. The molecule has 0 aliphatic carbocycles. The third-order valence-corrected chi connectivity index (χ3v) is 4.07. The van der Waals surface area contributed by atoms with Crippen molar-refractivity contribution in [2.24, 2.45) is 5.92 Å². The summed E-state index contributed by atoms with van der Waals surface area (Å²) in [6, 6.07) is 4.66. The van der Waals surface area contributed by atoms with Gasteiger partial charge < -0.3 is 14.6 Å². The average Bonchev–Trinajstić information content (AvgIpc) is 3.03. The summed E-state index contributed by atoms with van der Waals surface area (Å²) in [5.41, 5.74) is 3.02. The number of hydrogen-bond acceptors (Lipinski definition) is 4. The number of aromatic nitrogens is 1. The van der Waals surface area contributed by atoms with Crippen LogP contribution in [0.5, 0.6) is 0 Å². The van der Waals surface area contributed by atoms with Crippen molar-refractivity contribution in [1.82, 2.24) is 10.3 Å². The van der Waals surface area contributed by atoms with Crippen molar-refractivity contribution in [1.29, 1.82) is 0 Å². The number of nitrogens with zero attached hydrogens (tertiary/aromatic N) is 2. The molecule has 0 radical (unpaired) electrons. The van der Waals surface area contributed by atoms with Gasteiger partial charge >= 0.3 is 0 Å². The number of furan rings is 1. The Morgan fingerprint density at radius 2 is 2.41 bits per heavy atom. The standard InChI is InChI=1S/C13H15N3O/c1-3-16(12-8-14-6-9(1)12)10-5-13-11(15-7-10)2-4-17-13/h2,4-5,7,9,12,14H,1,3,6,8H2/t9-,12+/m1/s1. The molecule has 4 heterocycles. The van der Waals surface area contributed by atoms with E-state index in [0.29, 0.717) is 6.04 Å². The van der Waals surface area contributed by atoms with Crippen molar-refractivity contribution < 1.29 is 4.42 Å². The molecule has 88 valence electrons.